The fourth-order valence-corrected chi connectivity index (χ4v) is 2.02. The lowest BCUT2D eigenvalue weighted by molar-refractivity contribution is 0.0296. The smallest absolute Gasteiger partial charge is 0.342 e. The summed E-state index contributed by atoms with van der Waals surface area (Å²) in [5.41, 5.74) is 1.87. The van der Waals surface area contributed by atoms with Gasteiger partial charge in [-0.25, -0.2) is 4.79 Å². The molecule has 0 aliphatic carbocycles. The molecule has 4 nitrogen and oxygen atoms in total. The van der Waals surface area contributed by atoms with Gasteiger partial charge in [0.25, 0.3) is 0 Å². The Labute approximate surface area is 92.8 Å². The molecule has 0 saturated carbocycles. The van der Waals surface area contributed by atoms with Crippen LogP contribution in [-0.2, 0) is 11.2 Å². The van der Waals surface area contributed by atoms with E-state index in [1.807, 2.05) is 6.92 Å². The molecule has 0 spiro atoms. The number of cyclic esters (lactones) is 1. The number of phenolic OH excluding ortho intramolecular Hbond substituents is 1. The van der Waals surface area contributed by atoms with E-state index in [1.54, 1.807) is 13.0 Å². The number of aromatic hydroxyl groups is 1. The molecule has 0 amide bonds. The van der Waals surface area contributed by atoms with Crippen LogP contribution in [0.15, 0.2) is 6.07 Å². The Bertz CT molecular complexity index is 476. The van der Waals surface area contributed by atoms with Crippen molar-refractivity contribution in [1.82, 2.24) is 0 Å². The number of hydrogen-bond acceptors (Lipinski definition) is 4. The average Bonchev–Trinajstić information content (AvgIpc) is 2.22. The molecule has 1 aromatic rings. The van der Waals surface area contributed by atoms with Gasteiger partial charge in [0.2, 0.25) is 0 Å². The highest BCUT2D eigenvalue weighted by Crippen LogP contribution is 2.33. The molecule has 16 heavy (non-hydrogen) atoms. The van der Waals surface area contributed by atoms with E-state index in [4.69, 9.17) is 4.74 Å². The van der Waals surface area contributed by atoms with Crippen LogP contribution in [0.1, 0.15) is 38.8 Å². The van der Waals surface area contributed by atoms with E-state index in [0.29, 0.717) is 12.7 Å². The van der Waals surface area contributed by atoms with E-state index in [0.717, 1.165) is 11.1 Å². The van der Waals surface area contributed by atoms with Gasteiger partial charge in [-0.05, 0) is 31.0 Å². The number of esters is 1. The third-order valence-electron chi connectivity index (χ3n) is 2.79. The van der Waals surface area contributed by atoms with Crippen LogP contribution in [0.25, 0.3) is 0 Å². The molecule has 1 atom stereocenters. The zero-order valence-corrected chi connectivity index (χ0v) is 9.11. The maximum Gasteiger partial charge on any atom is 0.342 e. The molecule has 1 aromatic carbocycles. The molecule has 0 fully saturated rings. The molecule has 1 aliphatic rings. The summed E-state index contributed by atoms with van der Waals surface area (Å²) in [6, 6.07) is 1.59. The summed E-state index contributed by atoms with van der Waals surface area (Å²) in [5.74, 6) is -0.828. The lowest BCUT2D eigenvalue weighted by atomic mass is 9.91. The highest BCUT2D eigenvalue weighted by atomic mass is 16.5. The van der Waals surface area contributed by atoms with E-state index in [1.165, 1.54) is 0 Å². The third-order valence-corrected chi connectivity index (χ3v) is 2.79. The normalized spacial score (nSPS) is 18.9. The van der Waals surface area contributed by atoms with Gasteiger partial charge in [-0.2, -0.15) is 0 Å². The number of carbonyl (C=O) groups is 2. The minimum Gasteiger partial charge on any atom is -0.506 e. The van der Waals surface area contributed by atoms with E-state index in [2.05, 4.69) is 0 Å². The van der Waals surface area contributed by atoms with Gasteiger partial charge in [0.05, 0.1) is 5.56 Å². The minimum absolute atomic E-state index is 0.128. The van der Waals surface area contributed by atoms with Crippen LogP contribution >= 0.6 is 0 Å². The molecule has 84 valence electrons. The highest BCUT2D eigenvalue weighted by molar-refractivity contribution is 5.99. The number of ether oxygens (including phenoxy) is 1. The Morgan fingerprint density at radius 1 is 1.56 bits per heavy atom. The lowest BCUT2D eigenvalue weighted by Crippen LogP contribution is -2.26. The number of fused-ring (bicyclic) bond motifs is 1. The highest BCUT2D eigenvalue weighted by Gasteiger charge is 2.29. The van der Waals surface area contributed by atoms with Crippen molar-refractivity contribution in [2.24, 2.45) is 0 Å². The SMILES string of the molecule is Cc1cc(C=O)c(O)c2c1CC(C)OC2=O. The lowest BCUT2D eigenvalue weighted by Gasteiger charge is -2.24. The molecule has 0 radical (unpaired) electrons. The number of aldehydes is 1. The number of aryl methyl sites for hydroxylation is 1. The first kappa shape index (κ1) is 10.7. The number of carbonyl (C=O) groups excluding carboxylic acids is 2. The Morgan fingerprint density at radius 2 is 2.25 bits per heavy atom. The molecule has 0 saturated heterocycles. The van der Waals surface area contributed by atoms with Crippen LogP contribution < -0.4 is 0 Å². The molecule has 4 heteroatoms. The average molecular weight is 220 g/mol. The van der Waals surface area contributed by atoms with E-state index < -0.39 is 5.97 Å². The number of rotatable bonds is 1. The van der Waals surface area contributed by atoms with Crippen molar-refractivity contribution >= 4 is 12.3 Å². The molecular weight excluding hydrogens is 208 g/mol. The van der Waals surface area contributed by atoms with E-state index in [-0.39, 0.29) is 23.0 Å². The maximum absolute atomic E-state index is 11.6. The van der Waals surface area contributed by atoms with Crippen molar-refractivity contribution in [3.8, 4) is 5.75 Å². The third kappa shape index (κ3) is 1.46. The predicted octanol–water partition coefficient (Wildman–Crippen LogP) is 1.61. The second kappa shape index (κ2) is 3.63. The molecule has 1 N–H and O–H groups in total. The number of hydrogen-bond donors (Lipinski definition) is 1. The number of phenols is 1. The first-order valence-corrected chi connectivity index (χ1v) is 5.06. The zero-order valence-electron chi connectivity index (χ0n) is 9.11. The van der Waals surface area contributed by atoms with Crippen LogP contribution in [-0.4, -0.2) is 23.5 Å². The van der Waals surface area contributed by atoms with Crippen LogP contribution in [0, 0.1) is 6.92 Å². The van der Waals surface area contributed by atoms with Gasteiger partial charge in [0.15, 0.2) is 6.29 Å². The van der Waals surface area contributed by atoms with Crippen LogP contribution in [0.4, 0.5) is 0 Å². The Balaban J connectivity index is 2.71. The van der Waals surface area contributed by atoms with Crippen molar-refractivity contribution < 1.29 is 19.4 Å². The summed E-state index contributed by atoms with van der Waals surface area (Å²) < 4.78 is 5.03. The monoisotopic (exact) mass is 220 g/mol. The quantitative estimate of drug-likeness (QED) is 0.577. The standard InChI is InChI=1S/C12H12O4/c1-6-3-8(5-13)11(14)10-9(6)4-7(2)16-12(10)15/h3,5,7,14H,4H2,1-2H3. The number of benzene rings is 1. The molecule has 0 aromatic heterocycles. The molecular formula is C12H12O4. The van der Waals surface area contributed by atoms with Crippen LogP contribution in [0.2, 0.25) is 0 Å². The summed E-state index contributed by atoms with van der Waals surface area (Å²) >= 11 is 0. The predicted molar refractivity (Wildman–Crippen MR) is 56.8 cm³/mol. The van der Waals surface area contributed by atoms with Crippen LogP contribution in [0.3, 0.4) is 0 Å². The molecule has 0 bridgehead atoms. The van der Waals surface area contributed by atoms with Gasteiger partial charge in [0, 0.05) is 6.42 Å². The van der Waals surface area contributed by atoms with E-state index >= 15 is 0 Å². The molecule has 2 rings (SSSR count). The van der Waals surface area contributed by atoms with Crippen molar-refractivity contribution in [3.05, 3.63) is 28.3 Å². The second-order valence-corrected chi connectivity index (χ2v) is 4.02. The van der Waals surface area contributed by atoms with Crippen molar-refractivity contribution in [3.63, 3.8) is 0 Å². The fourth-order valence-electron chi connectivity index (χ4n) is 2.02. The largest absolute Gasteiger partial charge is 0.506 e. The first-order chi connectivity index (χ1) is 7.54. The van der Waals surface area contributed by atoms with Gasteiger partial charge in [0.1, 0.15) is 17.4 Å². The molecule has 1 heterocycles. The van der Waals surface area contributed by atoms with Gasteiger partial charge < -0.3 is 9.84 Å². The molecule has 1 unspecified atom stereocenters. The minimum atomic E-state index is -0.557. The fraction of sp³-hybridized carbons (Fsp3) is 0.333. The topological polar surface area (TPSA) is 63.6 Å². The van der Waals surface area contributed by atoms with Crippen molar-refractivity contribution in [2.45, 2.75) is 26.4 Å². The van der Waals surface area contributed by atoms with Crippen LogP contribution in [0.5, 0.6) is 5.75 Å². The summed E-state index contributed by atoms with van der Waals surface area (Å²) in [5, 5.41) is 9.78. The van der Waals surface area contributed by atoms with Gasteiger partial charge in [-0.15, -0.1) is 0 Å². The first-order valence-electron chi connectivity index (χ1n) is 5.06. The summed E-state index contributed by atoms with van der Waals surface area (Å²) in [7, 11) is 0. The summed E-state index contributed by atoms with van der Waals surface area (Å²) in [4.78, 5) is 22.4. The Kier molecular flexibility index (Phi) is 2.42. The van der Waals surface area contributed by atoms with Gasteiger partial charge >= 0.3 is 5.97 Å². The Hall–Kier alpha value is -1.84. The Morgan fingerprint density at radius 3 is 2.88 bits per heavy atom. The maximum atomic E-state index is 11.6. The van der Waals surface area contributed by atoms with E-state index in [9.17, 15) is 14.7 Å². The second-order valence-electron chi connectivity index (χ2n) is 4.02. The summed E-state index contributed by atoms with van der Waals surface area (Å²) in [6.07, 6.45) is 0.910. The van der Waals surface area contributed by atoms with Crippen molar-refractivity contribution in [1.29, 1.82) is 0 Å². The summed E-state index contributed by atoms with van der Waals surface area (Å²) in [6.45, 7) is 3.61. The zero-order chi connectivity index (χ0) is 11.9. The van der Waals surface area contributed by atoms with Gasteiger partial charge in [-0.3, -0.25) is 4.79 Å². The van der Waals surface area contributed by atoms with Gasteiger partial charge in [-0.1, -0.05) is 0 Å². The van der Waals surface area contributed by atoms with Crippen molar-refractivity contribution in [2.75, 3.05) is 0 Å². The molecule has 1 aliphatic heterocycles.